The summed E-state index contributed by atoms with van der Waals surface area (Å²) in [7, 11) is 1.65. The number of benzene rings is 1. The second-order valence-corrected chi connectivity index (χ2v) is 5.85. The summed E-state index contributed by atoms with van der Waals surface area (Å²) in [6.45, 7) is 0.482. The van der Waals surface area contributed by atoms with Crippen molar-refractivity contribution < 1.29 is 9.53 Å². The first-order valence-corrected chi connectivity index (χ1v) is 7.56. The van der Waals surface area contributed by atoms with E-state index < -0.39 is 0 Å². The number of carbonyl (C=O) groups excluding carboxylic acids is 1. The lowest BCUT2D eigenvalue weighted by Gasteiger charge is -2.29. The average molecular weight is 275 g/mol. The van der Waals surface area contributed by atoms with E-state index in [1.54, 1.807) is 7.11 Å². The van der Waals surface area contributed by atoms with Crippen molar-refractivity contribution in [2.45, 2.75) is 44.9 Å². The van der Waals surface area contributed by atoms with Gasteiger partial charge in [0.15, 0.2) is 0 Å². The zero-order valence-electron chi connectivity index (χ0n) is 12.4. The van der Waals surface area contributed by atoms with Gasteiger partial charge in [0.25, 0.3) is 0 Å². The number of ether oxygens (including phenoxy) is 1. The number of methoxy groups -OCH3 is 1. The Bertz CT molecular complexity index is 448. The van der Waals surface area contributed by atoms with Crippen LogP contribution in [0.1, 0.15) is 44.1 Å². The van der Waals surface area contributed by atoms with E-state index in [-0.39, 0.29) is 5.41 Å². The van der Waals surface area contributed by atoms with E-state index in [1.165, 1.54) is 12.8 Å². The third kappa shape index (κ3) is 3.40. The molecule has 0 amide bonds. The SMILES string of the molecule is COc1cccc(CC(=O)C2(CN)CCCCCC2)c1. The Morgan fingerprint density at radius 1 is 1.25 bits per heavy atom. The van der Waals surface area contributed by atoms with Crippen molar-refractivity contribution in [3.8, 4) is 5.75 Å². The van der Waals surface area contributed by atoms with Crippen LogP contribution in [0.25, 0.3) is 0 Å². The fourth-order valence-corrected chi connectivity index (χ4v) is 3.16. The minimum absolute atomic E-state index is 0.292. The topological polar surface area (TPSA) is 52.3 Å². The molecule has 0 radical (unpaired) electrons. The largest absolute Gasteiger partial charge is 0.497 e. The molecular formula is C17H25NO2. The highest BCUT2D eigenvalue weighted by molar-refractivity contribution is 5.87. The summed E-state index contributed by atoms with van der Waals surface area (Å²) in [6.07, 6.45) is 7.08. The molecule has 3 nitrogen and oxygen atoms in total. The van der Waals surface area contributed by atoms with E-state index >= 15 is 0 Å². The second kappa shape index (κ2) is 6.89. The highest BCUT2D eigenvalue weighted by Gasteiger charge is 2.36. The molecule has 0 heterocycles. The number of hydrogen-bond donors (Lipinski definition) is 1. The lowest BCUT2D eigenvalue weighted by molar-refractivity contribution is -0.128. The van der Waals surface area contributed by atoms with Crippen molar-refractivity contribution in [3.05, 3.63) is 29.8 Å². The van der Waals surface area contributed by atoms with Crippen molar-refractivity contribution in [3.63, 3.8) is 0 Å². The van der Waals surface area contributed by atoms with Gasteiger partial charge in [0, 0.05) is 18.4 Å². The number of ketones is 1. The Labute approximate surface area is 121 Å². The molecule has 2 rings (SSSR count). The van der Waals surface area contributed by atoms with Gasteiger partial charge in [-0.05, 0) is 30.5 Å². The van der Waals surface area contributed by atoms with Gasteiger partial charge >= 0.3 is 0 Å². The minimum atomic E-state index is -0.292. The molecule has 0 aromatic heterocycles. The number of carbonyl (C=O) groups is 1. The number of nitrogens with two attached hydrogens (primary N) is 1. The zero-order chi connectivity index (χ0) is 14.4. The standard InChI is InChI=1S/C17H25NO2/c1-20-15-8-6-7-14(11-15)12-16(19)17(13-18)9-4-2-3-5-10-17/h6-8,11H,2-5,9-10,12-13,18H2,1H3. The summed E-state index contributed by atoms with van der Waals surface area (Å²) in [5, 5.41) is 0. The molecule has 1 aromatic carbocycles. The third-order valence-corrected chi connectivity index (χ3v) is 4.54. The Morgan fingerprint density at radius 2 is 1.95 bits per heavy atom. The predicted octanol–water partition coefficient (Wildman–Crippen LogP) is 3.11. The van der Waals surface area contributed by atoms with E-state index in [1.807, 2.05) is 24.3 Å². The molecule has 2 N–H and O–H groups in total. The maximum Gasteiger partial charge on any atom is 0.144 e. The molecule has 1 saturated carbocycles. The number of hydrogen-bond acceptors (Lipinski definition) is 3. The fourth-order valence-electron chi connectivity index (χ4n) is 3.16. The van der Waals surface area contributed by atoms with Gasteiger partial charge in [0.2, 0.25) is 0 Å². The van der Waals surface area contributed by atoms with Gasteiger partial charge in [0.05, 0.1) is 7.11 Å². The van der Waals surface area contributed by atoms with Crippen molar-refractivity contribution in [2.75, 3.05) is 13.7 Å². The lowest BCUT2D eigenvalue weighted by Crippen LogP contribution is -2.39. The minimum Gasteiger partial charge on any atom is -0.497 e. The molecule has 1 fully saturated rings. The van der Waals surface area contributed by atoms with Gasteiger partial charge in [-0.1, -0.05) is 37.8 Å². The highest BCUT2D eigenvalue weighted by atomic mass is 16.5. The van der Waals surface area contributed by atoms with Crippen LogP contribution >= 0.6 is 0 Å². The van der Waals surface area contributed by atoms with Crippen molar-refractivity contribution in [2.24, 2.45) is 11.1 Å². The van der Waals surface area contributed by atoms with Crippen molar-refractivity contribution in [1.82, 2.24) is 0 Å². The molecule has 110 valence electrons. The van der Waals surface area contributed by atoms with Gasteiger partial charge in [-0.25, -0.2) is 0 Å². The lowest BCUT2D eigenvalue weighted by atomic mass is 9.75. The first-order valence-electron chi connectivity index (χ1n) is 7.56. The summed E-state index contributed by atoms with van der Waals surface area (Å²) in [4.78, 5) is 12.8. The van der Waals surface area contributed by atoms with E-state index in [0.717, 1.165) is 37.0 Å². The van der Waals surface area contributed by atoms with Gasteiger partial charge < -0.3 is 10.5 Å². The van der Waals surface area contributed by atoms with Crippen molar-refractivity contribution >= 4 is 5.78 Å². The average Bonchev–Trinajstić information content (AvgIpc) is 2.74. The van der Waals surface area contributed by atoms with E-state index in [9.17, 15) is 4.79 Å². The quantitative estimate of drug-likeness (QED) is 0.840. The van der Waals surface area contributed by atoms with Crippen LogP contribution in [0.5, 0.6) is 5.75 Å². The molecule has 1 aromatic rings. The van der Waals surface area contributed by atoms with Crippen LogP contribution in [-0.4, -0.2) is 19.4 Å². The molecule has 0 bridgehead atoms. The fraction of sp³-hybridized carbons (Fsp3) is 0.588. The smallest absolute Gasteiger partial charge is 0.144 e. The van der Waals surface area contributed by atoms with Crippen LogP contribution in [0.3, 0.4) is 0 Å². The predicted molar refractivity (Wildman–Crippen MR) is 80.9 cm³/mol. The highest BCUT2D eigenvalue weighted by Crippen LogP contribution is 2.36. The molecule has 3 heteroatoms. The maximum atomic E-state index is 12.8. The molecular weight excluding hydrogens is 250 g/mol. The Morgan fingerprint density at radius 3 is 2.55 bits per heavy atom. The van der Waals surface area contributed by atoms with Crippen LogP contribution in [-0.2, 0) is 11.2 Å². The van der Waals surface area contributed by atoms with Gasteiger partial charge in [-0.15, -0.1) is 0 Å². The van der Waals surface area contributed by atoms with Crippen LogP contribution in [0.15, 0.2) is 24.3 Å². The van der Waals surface area contributed by atoms with Crippen LogP contribution in [0, 0.1) is 5.41 Å². The van der Waals surface area contributed by atoms with Crippen LogP contribution in [0.2, 0.25) is 0 Å². The summed E-state index contributed by atoms with van der Waals surface area (Å²) in [5.74, 6) is 1.10. The van der Waals surface area contributed by atoms with E-state index in [4.69, 9.17) is 10.5 Å². The summed E-state index contributed by atoms with van der Waals surface area (Å²) in [6, 6.07) is 7.77. The first-order chi connectivity index (χ1) is 9.70. The molecule has 0 saturated heterocycles. The van der Waals surface area contributed by atoms with Gasteiger partial charge in [-0.2, -0.15) is 0 Å². The summed E-state index contributed by atoms with van der Waals surface area (Å²) >= 11 is 0. The Hall–Kier alpha value is -1.35. The van der Waals surface area contributed by atoms with Crippen molar-refractivity contribution in [1.29, 1.82) is 0 Å². The molecule has 1 aliphatic rings. The molecule has 0 spiro atoms. The Kier molecular flexibility index (Phi) is 5.18. The van der Waals surface area contributed by atoms with Gasteiger partial charge in [-0.3, -0.25) is 4.79 Å². The third-order valence-electron chi connectivity index (χ3n) is 4.54. The molecule has 1 aliphatic carbocycles. The normalized spacial score (nSPS) is 18.3. The summed E-state index contributed by atoms with van der Waals surface area (Å²) < 4.78 is 5.22. The molecule has 0 aliphatic heterocycles. The number of rotatable bonds is 5. The summed E-state index contributed by atoms with van der Waals surface area (Å²) in [5.41, 5.74) is 6.70. The first kappa shape index (κ1) is 15.0. The molecule has 20 heavy (non-hydrogen) atoms. The second-order valence-electron chi connectivity index (χ2n) is 5.85. The Balaban J connectivity index is 2.11. The zero-order valence-corrected chi connectivity index (χ0v) is 12.4. The van der Waals surface area contributed by atoms with E-state index in [0.29, 0.717) is 18.7 Å². The maximum absolute atomic E-state index is 12.8. The van der Waals surface area contributed by atoms with Gasteiger partial charge in [0.1, 0.15) is 11.5 Å². The van der Waals surface area contributed by atoms with Crippen LogP contribution < -0.4 is 10.5 Å². The van der Waals surface area contributed by atoms with Crippen LogP contribution in [0.4, 0.5) is 0 Å². The molecule has 0 unspecified atom stereocenters. The van der Waals surface area contributed by atoms with E-state index in [2.05, 4.69) is 0 Å². The number of Topliss-reactive ketones (excluding diaryl/α,β-unsaturated/α-hetero) is 1. The monoisotopic (exact) mass is 275 g/mol. The molecule has 0 atom stereocenters.